The molecule has 82 valence electrons. The van der Waals surface area contributed by atoms with Crippen LogP contribution in [0.1, 0.15) is 12.8 Å². The third-order valence-corrected chi connectivity index (χ3v) is 5.48. The Balaban J connectivity index is 2.80. The molecule has 0 aliphatic carbocycles. The largest absolute Gasteiger partial charge is 0.502 e. The standard InChI is InChI=1S/C9H18O4Si/c1-5-9(10-2)7-6-8-14(11-3,12-4)13-9/h5H,1,6-8H2,2-4H3. The first-order chi connectivity index (χ1) is 6.66. The average molecular weight is 218 g/mol. The summed E-state index contributed by atoms with van der Waals surface area (Å²) in [6.45, 7) is 3.72. The zero-order valence-electron chi connectivity index (χ0n) is 9.04. The van der Waals surface area contributed by atoms with Gasteiger partial charge in [0.2, 0.25) is 0 Å². The Hall–Kier alpha value is -0.203. The summed E-state index contributed by atoms with van der Waals surface area (Å²) < 4.78 is 21.8. The van der Waals surface area contributed by atoms with Crippen LogP contribution in [0.25, 0.3) is 0 Å². The fourth-order valence-corrected chi connectivity index (χ4v) is 3.91. The highest BCUT2D eigenvalue weighted by atomic mass is 28.4. The average Bonchev–Trinajstić information content (AvgIpc) is 2.29. The van der Waals surface area contributed by atoms with Gasteiger partial charge in [0.15, 0.2) is 5.79 Å². The minimum absolute atomic E-state index is 0.726. The Kier molecular flexibility index (Phi) is 3.85. The fourth-order valence-electron chi connectivity index (χ4n) is 1.66. The van der Waals surface area contributed by atoms with Crippen molar-refractivity contribution in [3.8, 4) is 0 Å². The first kappa shape index (κ1) is 11.9. The summed E-state index contributed by atoms with van der Waals surface area (Å²) in [5.74, 6) is -0.726. The molecule has 1 aliphatic heterocycles. The van der Waals surface area contributed by atoms with Crippen LogP contribution < -0.4 is 0 Å². The van der Waals surface area contributed by atoms with E-state index >= 15 is 0 Å². The van der Waals surface area contributed by atoms with Crippen molar-refractivity contribution in [2.24, 2.45) is 0 Å². The van der Waals surface area contributed by atoms with Crippen molar-refractivity contribution in [3.63, 3.8) is 0 Å². The summed E-state index contributed by atoms with van der Waals surface area (Å²) in [6.07, 6.45) is 3.44. The van der Waals surface area contributed by atoms with Gasteiger partial charge in [-0.1, -0.05) is 6.58 Å². The SMILES string of the molecule is C=CC1(OC)CCC[Si](OC)(OC)O1. The summed E-state index contributed by atoms with van der Waals surface area (Å²) in [7, 11) is 2.34. The molecule has 1 atom stereocenters. The maximum absolute atomic E-state index is 5.81. The van der Waals surface area contributed by atoms with Gasteiger partial charge in [0, 0.05) is 33.8 Å². The number of hydrogen-bond acceptors (Lipinski definition) is 4. The smallest absolute Gasteiger partial charge is 0.377 e. The molecule has 1 rings (SSSR count). The van der Waals surface area contributed by atoms with Gasteiger partial charge >= 0.3 is 8.80 Å². The summed E-state index contributed by atoms with van der Waals surface area (Å²) in [6, 6.07) is 0.832. The van der Waals surface area contributed by atoms with E-state index in [2.05, 4.69) is 6.58 Å². The van der Waals surface area contributed by atoms with Crippen molar-refractivity contribution in [3.05, 3.63) is 12.7 Å². The van der Waals surface area contributed by atoms with Crippen molar-refractivity contribution < 1.29 is 18.0 Å². The second kappa shape index (κ2) is 4.54. The van der Waals surface area contributed by atoms with E-state index in [0.29, 0.717) is 0 Å². The molecule has 0 spiro atoms. The van der Waals surface area contributed by atoms with Gasteiger partial charge in [-0.15, -0.1) is 0 Å². The molecular weight excluding hydrogens is 200 g/mol. The van der Waals surface area contributed by atoms with Gasteiger partial charge in [0.1, 0.15) is 0 Å². The van der Waals surface area contributed by atoms with E-state index in [1.54, 1.807) is 27.4 Å². The maximum Gasteiger partial charge on any atom is 0.502 e. The van der Waals surface area contributed by atoms with Crippen LogP contribution in [0, 0.1) is 0 Å². The highest BCUT2D eigenvalue weighted by Crippen LogP contribution is 2.35. The Bertz CT molecular complexity index is 205. The van der Waals surface area contributed by atoms with Crippen LogP contribution in [0.5, 0.6) is 0 Å². The molecule has 1 saturated heterocycles. The van der Waals surface area contributed by atoms with Crippen LogP contribution in [-0.2, 0) is 18.0 Å². The quantitative estimate of drug-likeness (QED) is 0.530. The highest BCUT2D eigenvalue weighted by molar-refractivity contribution is 6.60. The number of methoxy groups -OCH3 is 1. The monoisotopic (exact) mass is 218 g/mol. The third-order valence-electron chi connectivity index (χ3n) is 2.61. The maximum atomic E-state index is 5.81. The summed E-state index contributed by atoms with van der Waals surface area (Å²) >= 11 is 0. The molecule has 1 unspecified atom stereocenters. The van der Waals surface area contributed by atoms with E-state index in [9.17, 15) is 0 Å². The Morgan fingerprint density at radius 1 is 1.36 bits per heavy atom. The van der Waals surface area contributed by atoms with Crippen LogP contribution in [0.4, 0.5) is 0 Å². The predicted octanol–water partition coefficient (Wildman–Crippen LogP) is 1.56. The molecule has 0 radical (unpaired) electrons. The molecule has 0 saturated carbocycles. The molecule has 1 aliphatic rings. The van der Waals surface area contributed by atoms with Crippen molar-refractivity contribution in [1.82, 2.24) is 0 Å². The van der Waals surface area contributed by atoms with Crippen LogP contribution in [0.15, 0.2) is 12.7 Å². The normalized spacial score (nSPS) is 31.4. The van der Waals surface area contributed by atoms with Gasteiger partial charge in [-0.3, -0.25) is 0 Å². The molecule has 14 heavy (non-hydrogen) atoms. The van der Waals surface area contributed by atoms with E-state index < -0.39 is 14.6 Å². The molecule has 0 bridgehead atoms. The van der Waals surface area contributed by atoms with E-state index in [0.717, 1.165) is 18.9 Å². The second-order valence-electron chi connectivity index (χ2n) is 3.27. The molecule has 1 fully saturated rings. The number of hydrogen-bond donors (Lipinski definition) is 0. The molecular formula is C9H18O4Si. The first-order valence-electron chi connectivity index (χ1n) is 4.65. The Morgan fingerprint density at radius 3 is 2.43 bits per heavy atom. The van der Waals surface area contributed by atoms with Gasteiger partial charge < -0.3 is 18.0 Å². The number of ether oxygens (including phenoxy) is 1. The Morgan fingerprint density at radius 2 is 2.00 bits per heavy atom. The summed E-state index contributed by atoms with van der Waals surface area (Å²) in [5.41, 5.74) is 0. The summed E-state index contributed by atoms with van der Waals surface area (Å²) in [4.78, 5) is 0. The van der Waals surface area contributed by atoms with Gasteiger partial charge in [0.05, 0.1) is 0 Å². The molecule has 0 N–H and O–H groups in total. The van der Waals surface area contributed by atoms with Gasteiger partial charge in [0.25, 0.3) is 0 Å². The lowest BCUT2D eigenvalue weighted by molar-refractivity contribution is -0.172. The molecule has 5 heteroatoms. The van der Waals surface area contributed by atoms with Crippen LogP contribution >= 0.6 is 0 Å². The molecule has 0 amide bonds. The lowest BCUT2D eigenvalue weighted by Gasteiger charge is -2.41. The van der Waals surface area contributed by atoms with Crippen LogP contribution in [0.3, 0.4) is 0 Å². The summed E-state index contributed by atoms with van der Waals surface area (Å²) in [5, 5.41) is 0. The van der Waals surface area contributed by atoms with Crippen molar-refractivity contribution in [1.29, 1.82) is 0 Å². The molecule has 1 heterocycles. The van der Waals surface area contributed by atoms with Crippen LogP contribution in [0.2, 0.25) is 6.04 Å². The molecule has 0 aromatic rings. The molecule has 4 nitrogen and oxygen atoms in total. The van der Waals surface area contributed by atoms with E-state index in [-0.39, 0.29) is 0 Å². The highest BCUT2D eigenvalue weighted by Gasteiger charge is 2.50. The first-order valence-corrected chi connectivity index (χ1v) is 6.58. The zero-order chi connectivity index (χ0) is 10.7. The van der Waals surface area contributed by atoms with E-state index in [1.165, 1.54) is 0 Å². The predicted molar refractivity (Wildman–Crippen MR) is 54.8 cm³/mol. The minimum atomic E-state index is -2.50. The number of rotatable bonds is 4. The Labute approximate surface area is 86.2 Å². The van der Waals surface area contributed by atoms with Crippen molar-refractivity contribution in [2.75, 3.05) is 21.3 Å². The minimum Gasteiger partial charge on any atom is -0.377 e. The van der Waals surface area contributed by atoms with Crippen molar-refractivity contribution in [2.45, 2.75) is 24.7 Å². The fraction of sp³-hybridized carbons (Fsp3) is 0.778. The third kappa shape index (κ3) is 2.07. The van der Waals surface area contributed by atoms with Gasteiger partial charge in [-0.25, -0.2) is 0 Å². The van der Waals surface area contributed by atoms with Crippen LogP contribution in [-0.4, -0.2) is 35.9 Å². The van der Waals surface area contributed by atoms with Gasteiger partial charge in [-0.2, -0.15) is 0 Å². The lowest BCUT2D eigenvalue weighted by Crippen LogP contribution is -2.55. The van der Waals surface area contributed by atoms with Gasteiger partial charge in [-0.05, 0) is 12.5 Å². The lowest BCUT2D eigenvalue weighted by atomic mass is 10.1. The van der Waals surface area contributed by atoms with E-state index in [1.807, 2.05) is 0 Å². The molecule has 0 aromatic carbocycles. The second-order valence-corrected chi connectivity index (χ2v) is 6.15. The van der Waals surface area contributed by atoms with E-state index in [4.69, 9.17) is 18.0 Å². The van der Waals surface area contributed by atoms with Crippen molar-refractivity contribution >= 4 is 8.80 Å². The molecule has 0 aromatic heterocycles. The zero-order valence-corrected chi connectivity index (χ0v) is 10.0. The topological polar surface area (TPSA) is 36.9 Å².